The van der Waals surface area contributed by atoms with E-state index in [0.29, 0.717) is 17.7 Å². The first-order chi connectivity index (χ1) is 11.4. The molecule has 0 aromatic rings. The number of hydrogen-bond acceptors (Lipinski definition) is 2. The fourth-order valence-electron chi connectivity index (χ4n) is 3.56. The van der Waals surface area contributed by atoms with E-state index in [1.54, 1.807) is 13.8 Å². The number of carbonyl (C=O) groups excluding carboxylic acids is 2. The van der Waals surface area contributed by atoms with Crippen LogP contribution in [0.4, 0.5) is 0 Å². The summed E-state index contributed by atoms with van der Waals surface area (Å²) in [6, 6.07) is 0. The van der Waals surface area contributed by atoms with Crippen molar-refractivity contribution in [2.75, 3.05) is 6.54 Å². The van der Waals surface area contributed by atoms with E-state index >= 15 is 0 Å². The summed E-state index contributed by atoms with van der Waals surface area (Å²) in [5.41, 5.74) is 1.22. The van der Waals surface area contributed by atoms with Crippen LogP contribution in [0.3, 0.4) is 0 Å². The number of unbranched alkanes of at least 4 members (excludes halogenated alkanes) is 3. The Kier molecular flexibility index (Phi) is 9.02. The molecule has 0 aliphatic carbocycles. The maximum atomic E-state index is 12.0. The number of rotatable bonds is 12. The number of nitrogens with zero attached hydrogens (tertiary/aromatic N) is 1. The summed E-state index contributed by atoms with van der Waals surface area (Å²) >= 11 is 0. The maximum Gasteiger partial charge on any atom is 0.256 e. The van der Waals surface area contributed by atoms with Gasteiger partial charge in [0.2, 0.25) is 0 Å². The Hall–Kier alpha value is -1.38. The Balaban J connectivity index is 2.19. The highest BCUT2D eigenvalue weighted by atomic mass is 16.2. The second-order valence-electron chi connectivity index (χ2n) is 7.23. The topological polar surface area (TPSA) is 37.4 Å². The molecule has 0 radical (unpaired) electrons. The largest absolute Gasteiger partial charge is 0.275 e. The lowest BCUT2D eigenvalue weighted by molar-refractivity contribution is -0.137. The first kappa shape index (κ1) is 20.7. The van der Waals surface area contributed by atoms with Crippen molar-refractivity contribution < 1.29 is 9.59 Å². The fraction of sp³-hybridized carbons (Fsp3) is 0.714. The van der Waals surface area contributed by atoms with Gasteiger partial charge in [-0.15, -0.1) is 6.58 Å². The van der Waals surface area contributed by atoms with Crippen LogP contribution < -0.4 is 0 Å². The van der Waals surface area contributed by atoms with Gasteiger partial charge in [-0.1, -0.05) is 52.0 Å². The summed E-state index contributed by atoms with van der Waals surface area (Å²) in [4.78, 5) is 25.4. The van der Waals surface area contributed by atoms with Gasteiger partial charge < -0.3 is 0 Å². The average molecular weight is 334 g/mol. The van der Waals surface area contributed by atoms with E-state index in [1.807, 2.05) is 6.08 Å². The van der Waals surface area contributed by atoms with Gasteiger partial charge in [0.25, 0.3) is 11.8 Å². The van der Waals surface area contributed by atoms with Crippen molar-refractivity contribution in [3.05, 3.63) is 23.8 Å². The van der Waals surface area contributed by atoms with E-state index in [9.17, 15) is 9.59 Å². The number of carbonyl (C=O) groups is 2. The van der Waals surface area contributed by atoms with Gasteiger partial charge in [-0.3, -0.25) is 14.5 Å². The van der Waals surface area contributed by atoms with Crippen LogP contribution in [0.1, 0.15) is 79.1 Å². The van der Waals surface area contributed by atoms with E-state index in [2.05, 4.69) is 20.4 Å². The van der Waals surface area contributed by atoms with Crippen molar-refractivity contribution in [3.8, 4) is 0 Å². The number of amides is 2. The summed E-state index contributed by atoms with van der Waals surface area (Å²) in [6.45, 7) is 12.5. The van der Waals surface area contributed by atoms with Gasteiger partial charge in [0, 0.05) is 17.7 Å². The van der Waals surface area contributed by atoms with Crippen LogP contribution in [-0.4, -0.2) is 23.3 Å². The molecule has 24 heavy (non-hydrogen) atoms. The summed E-state index contributed by atoms with van der Waals surface area (Å²) in [5.74, 6) is 1.38. The highest BCUT2D eigenvalue weighted by Gasteiger charge is 2.32. The molecule has 1 aliphatic heterocycles. The zero-order valence-corrected chi connectivity index (χ0v) is 16.1. The standard InChI is InChI=1S/C21H35NO2/c1-6-8-13-16(3)19(7-2)14-11-9-10-12-15-22-20(23)17(4)18(5)21(22)24/h6,16,19H,1,7-15H2,2-5H3. The van der Waals surface area contributed by atoms with E-state index in [-0.39, 0.29) is 11.8 Å². The molecule has 1 aliphatic rings. The van der Waals surface area contributed by atoms with Gasteiger partial charge in [-0.25, -0.2) is 0 Å². The Morgan fingerprint density at radius 3 is 2.12 bits per heavy atom. The summed E-state index contributed by atoms with van der Waals surface area (Å²) in [6.07, 6.45) is 11.3. The molecule has 3 heteroatoms. The third kappa shape index (κ3) is 5.61. The first-order valence-electron chi connectivity index (χ1n) is 9.58. The van der Waals surface area contributed by atoms with Crippen LogP contribution in [0.25, 0.3) is 0 Å². The predicted molar refractivity (Wildman–Crippen MR) is 101 cm³/mol. The normalized spacial score (nSPS) is 17.6. The molecule has 2 atom stereocenters. The van der Waals surface area contributed by atoms with Crippen LogP contribution in [0.15, 0.2) is 23.8 Å². The Labute approximate surface area is 148 Å². The third-order valence-electron chi connectivity index (χ3n) is 5.56. The fourth-order valence-corrected chi connectivity index (χ4v) is 3.56. The molecular weight excluding hydrogens is 298 g/mol. The lowest BCUT2D eigenvalue weighted by atomic mass is 9.84. The molecule has 0 aromatic carbocycles. The summed E-state index contributed by atoms with van der Waals surface area (Å²) in [5, 5.41) is 0. The Bertz CT molecular complexity index is 454. The highest BCUT2D eigenvalue weighted by molar-refractivity contribution is 6.18. The average Bonchev–Trinajstić information content (AvgIpc) is 2.76. The molecule has 1 heterocycles. The molecule has 0 N–H and O–H groups in total. The molecular formula is C21H35NO2. The van der Waals surface area contributed by atoms with E-state index in [4.69, 9.17) is 0 Å². The molecule has 0 saturated heterocycles. The number of hydrogen-bond donors (Lipinski definition) is 0. The van der Waals surface area contributed by atoms with Gasteiger partial charge in [0.1, 0.15) is 0 Å². The number of imide groups is 1. The molecule has 0 saturated carbocycles. The first-order valence-corrected chi connectivity index (χ1v) is 9.58. The third-order valence-corrected chi connectivity index (χ3v) is 5.56. The Morgan fingerprint density at radius 2 is 1.58 bits per heavy atom. The van der Waals surface area contributed by atoms with E-state index < -0.39 is 0 Å². The zero-order chi connectivity index (χ0) is 18.1. The smallest absolute Gasteiger partial charge is 0.256 e. The van der Waals surface area contributed by atoms with Crippen LogP contribution in [0.5, 0.6) is 0 Å². The van der Waals surface area contributed by atoms with Crippen molar-refractivity contribution in [3.63, 3.8) is 0 Å². The minimum absolute atomic E-state index is 0.0976. The summed E-state index contributed by atoms with van der Waals surface area (Å²) < 4.78 is 0. The minimum atomic E-state index is -0.0976. The second-order valence-corrected chi connectivity index (χ2v) is 7.23. The Morgan fingerprint density at radius 1 is 1.00 bits per heavy atom. The van der Waals surface area contributed by atoms with Gasteiger partial charge in [0.05, 0.1) is 0 Å². The van der Waals surface area contributed by atoms with Crippen LogP contribution in [-0.2, 0) is 9.59 Å². The van der Waals surface area contributed by atoms with E-state index in [0.717, 1.165) is 31.1 Å². The van der Waals surface area contributed by atoms with Crippen molar-refractivity contribution >= 4 is 11.8 Å². The highest BCUT2D eigenvalue weighted by Crippen LogP contribution is 2.26. The molecule has 2 amide bonds. The van der Waals surface area contributed by atoms with Crippen LogP contribution in [0, 0.1) is 11.8 Å². The van der Waals surface area contributed by atoms with Crippen molar-refractivity contribution in [1.82, 2.24) is 4.90 Å². The zero-order valence-electron chi connectivity index (χ0n) is 16.1. The molecule has 0 fully saturated rings. The summed E-state index contributed by atoms with van der Waals surface area (Å²) in [7, 11) is 0. The number of allylic oxidation sites excluding steroid dienone is 1. The quantitative estimate of drug-likeness (QED) is 0.277. The van der Waals surface area contributed by atoms with Crippen molar-refractivity contribution in [2.24, 2.45) is 11.8 Å². The molecule has 0 bridgehead atoms. The molecule has 1 rings (SSSR count). The monoisotopic (exact) mass is 333 g/mol. The molecule has 0 spiro atoms. The van der Waals surface area contributed by atoms with Gasteiger partial charge in [0.15, 0.2) is 0 Å². The van der Waals surface area contributed by atoms with Gasteiger partial charge >= 0.3 is 0 Å². The van der Waals surface area contributed by atoms with E-state index in [1.165, 1.54) is 37.0 Å². The molecule has 136 valence electrons. The minimum Gasteiger partial charge on any atom is -0.275 e. The molecule has 2 unspecified atom stereocenters. The van der Waals surface area contributed by atoms with Crippen LogP contribution in [0.2, 0.25) is 0 Å². The van der Waals surface area contributed by atoms with Crippen molar-refractivity contribution in [1.29, 1.82) is 0 Å². The van der Waals surface area contributed by atoms with Gasteiger partial charge in [-0.2, -0.15) is 0 Å². The molecule has 0 aromatic heterocycles. The SMILES string of the molecule is C=CCCC(C)C(CC)CCCCCCN1C(=O)C(C)=C(C)C1=O. The molecule has 3 nitrogen and oxygen atoms in total. The van der Waals surface area contributed by atoms with Gasteiger partial charge in [-0.05, 0) is 44.9 Å². The lowest BCUT2D eigenvalue weighted by Gasteiger charge is -2.22. The van der Waals surface area contributed by atoms with Crippen molar-refractivity contribution in [2.45, 2.75) is 79.1 Å². The van der Waals surface area contributed by atoms with Crippen LogP contribution >= 0.6 is 0 Å². The second kappa shape index (κ2) is 10.5. The lowest BCUT2D eigenvalue weighted by Crippen LogP contribution is -2.32. The maximum absolute atomic E-state index is 12.0. The predicted octanol–water partition coefficient (Wildman–Crippen LogP) is 5.27.